The zero-order valence-corrected chi connectivity index (χ0v) is 15.9. The summed E-state index contributed by atoms with van der Waals surface area (Å²) in [6.45, 7) is 3.98. The summed E-state index contributed by atoms with van der Waals surface area (Å²) >= 11 is 0. The van der Waals surface area contributed by atoms with Crippen LogP contribution >= 0.6 is 0 Å². The highest BCUT2D eigenvalue weighted by Gasteiger charge is 2.46. The van der Waals surface area contributed by atoms with Crippen molar-refractivity contribution in [1.29, 1.82) is 0 Å². The van der Waals surface area contributed by atoms with E-state index in [1.165, 1.54) is 16.7 Å². The Morgan fingerprint density at radius 1 is 1.07 bits per heavy atom. The lowest BCUT2D eigenvalue weighted by molar-refractivity contribution is -0.0283. The maximum atomic E-state index is 13.2. The van der Waals surface area contributed by atoms with Crippen molar-refractivity contribution in [2.45, 2.75) is 25.6 Å². The van der Waals surface area contributed by atoms with Gasteiger partial charge in [-0.3, -0.25) is 9.78 Å². The molecular weight excluding hydrogens is 348 g/mol. The minimum atomic E-state index is -0.353. The molecule has 1 amide bonds. The number of hydrogen-bond acceptors (Lipinski definition) is 3. The fourth-order valence-corrected chi connectivity index (χ4v) is 4.40. The normalized spacial score (nSPS) is 20.5. The number of carbonyl (C=O) groups excluding carboxylic acids is 1. The summed E-state index contributed by atoms with van der Waals surface area (Å²) in [5.41, 5.74) is 5.97. The lowest BCUT2D eigenvalue weighted by Gasteiger charge is -2.24. The van der Waals surface area contributed by atoms with Crippen molar-refractivity contribution in [3.05, 3.63) is 89.2 Å². The summed E-state index contributed by atoms with van der Waals surface area (Å²) in [5, 5.41) is 0. The smallest absolute Gasteiger partial charge is 0.255 e. The number of ether oxygens (including phenoxy) is 1. The minimum Gasteiger partial charge on any atom is -0.364 e. The van der Waals surface area contributed by atoms with Crippen LogP contribution in [0, 0.1) is 6.92 Å². The Balaban J connectivity index is 1.40. The van der Waals surface area contributed by atoms with Gasteiger partial charge in [-0.1, -0.05) is 54.1 Å². The maximum Gasteiger partial charge on any atom is 0.255 e. The highest BCUT2D eigenvalue weighted by Crippen LogP contribution is 2.43. The van der Waals surface area contributed by atoms with Crippen molar-refractivity contribution < 1.29 is 9.53 Å². The van der Waals surface area contributed by atoms with E-state index in [1.54, 1.807) is 6.20 Å². The monoisotopic (exact) mass is 370 g/mol. The second-order valence-corrected chi connectivity index (χ2v) is 7.75. The molecule has 0 bridgehead atoms. The number of aromatic nitrogens is 1. The molecule has 4 heteroatoms. The Morgan fingerprint density at radius 2 is 1.96 bits per heavy atom. The van der Waals surface area contributed by atoms with Gasteiger partial charge in [-0.15, -0.1) is 0 Å². The number of nitrogens with zero attached hydrogens (tertiary/aromatic N) is 2. The van der Waals surface area contributed by atoms with Gasteiger partial charge in [-0.2, -0.15) is 0 Å². The Kier molecular flexibility index (Phi) is 4.02. The topological polar surface area (TPSA) is 42.4 Å². The Morgan fingerprint density at radius 3 is 2.86 bits per heavy atom. The molecule has 0 radical (unpaired) electrons. The van der Waals surface area contributed by atoms with Crippen LogP contribution in [0.5, 0.6) is 0 Å². The van der Waals surface area contributed by atoms with Crippen molar-refractivity contribution in [3.8, 4) is 11.1 Å². The first kappa shape index (κ1) is 17.1. The number of fused-ring (bicyclic) bond motifs is 2. The Labute approximate surface area is 164 Å². The summed E-state index contributed by atoms with van der Waals surface area (Å²) in [6, 6.07) is 18.5. The molecular formula is C24H22N2O2. The van der Waals surface area contributed by atoms with E-state index in [4.69, 9.17) is 4.74 Å². The van der Waals surface area contributed by atoms with Gasteiger partial charge in [0, 0.05) is 24.5 Å². The zero-order chi connectivity index (χ0) is 19.1. The van der Waals surface area contributed by atoms with Gasteiger partial charge in [0.15, 0.2) is 0 Å². The van der Waals surface area contributed by atoms with Crippen LogP contribution in [0.25, 0.3) is 11.1 Å². The van der Waals surface area contributed by atoms with E-state index in [9.17, 15) is 4.79 Å². The number of carbonyl (C=O) groups is 1. The van der Waals surface area contributed by atoms with Crippen LogP contribution in [0.15, 0.2) is 67.0 Å². The lowest BCUT2D eigenvalue weighted by Crippen LogP contribution is -2.34. The van der Waals surface area contributed by atoms with Gasteiger partial charge in [-0.25, -0.2) is 0 Å². The molecule has 3 heterocycles. The van der Waals surface area contributed by atoms with E-state index < -0.39 is 0 Å². The van der Waals surface area contributed by atoms with Crippen molar-refractivity contribution >= 4 is 5.91 Å². The van der Waals surface area contributed by atoms with Gasteiger partial charge < -0.3 is 9.64 Å². The first-order valence-electron chi connectivity index (χ1n) is 9.68. The summed E-state index contributed by atoms with van der Waals surface area (Å²) < 4.78 is 6.18. The van der Waals surface area contributed by atoms with E-state index in [0.717, 1.165) is 17.5 Å². The summed E-state index contributed by atoms with van der Waals surface area (Å²) in [4.78, 5) is 19.4. The molecule has 1 atom stereocenters. The number of rotatable bonds is 2. The summed E-state index contributed by atoms with van der Waals surface area (Å²) in [5.74, 6) is 0.0202. The molecule has 4 nitrogen and oxygen atoms in total. The van der Waals surface area contributed by atoms with Crippen LogP contribution < -0.4 is 0 Å². The number of benzene rings is 2. The van der Waals surface area contributed by atoms with Crippen LogP contribution in [0.2, 0.25) is 0 Å². The zero-order valence-electron chi connectivity index (χ0n) is 15.9. The third-order valence-corrected chi connectivity index (χ3v) is 5.87. The van der Waals surface area contributed by atoms with Gasteiger partial charge >= 0.3 is 0 Å². The predicted octanol–water partition coefficient (Wildman–Crippen LogP) is 4.33. The first-order chi connectivity index (χ1) is 13.6. The number of aryl methyl sites for hydroxylation is 1. The fraction of sp³-hybridized carbons (Fsp3) is 0.250. The highest BCUT2D eigenvalue weighted by molar-refractivity contribution is 5.95. The van der Waals surface area contributed by atoms with Crippen molar-refractivity contribution in [3.63, 3.8) is 0 Å². The maximum absolute atomic E-state index is 13.2. The third kappa shape index (κ3) is 2.81. The molecule has 1 saturated heterocycles. The van der Waals surface area contributed by atoms with E-state index >= 15 is 0 Å². The fourth-order valence-electron chi connectivity index (χ4n) is 4.40. The summed E-state index contributed by atoms with van der Waals surface area (Å²) in [7, 11) is 0. The number of likely N-dealkylation sites (tertiary alicyclic amines) is 1. The van der Waals surface area contributed by atoms with Gasteiger partial charge in [0.1, 0.15) is 5.60 Å². The molecule has 1 unspecified atom stereocenters. The average molecular weight is 370 g/mol. The Hall–Kier alpha value is -2.98. The standard InChI is InChI=1S/C24H22N2O2/c1-17-5-4-7-18(11-17)20-12-21(14-25-13-20)23(27)26-10-9-24(16-26)22-8-3-2-6-19(22)15-28-24/h2-8,11-14H,9-10,15-16H2,1H3. The molecule has 140 valence electrons. The highest BCUT2D eigenvalue weighted by atomic mass is 16.5. The molecule has 0 aliphatic carbocycles. The molecule has 0 N–H and O–H groups in total. The molecule has 0 saturated carbocycles. The third-order valence-electron chi connectivity index (χ3n) is 5.87. The van der Waals surface area contributed by atoms with Crippen LogP contribution in [0.3, 0.4) is 0 Å². The second kappa shape index (κ2) is 6.57. The van der Waals surface area contributed by atoms with Gasteiger partial charge in [0.25, 0.3) is 5.91 Å². The first-order valence-corrected chi connectivity index (χ1v) is 9.68. The number of hydrogen-bond donors (Lipinski definition) is 0. The molecule has 5 rings (SSSR count). The molecule has 2 aliphatic heterocycles. The molecule has 28 heavy (non-hydrogen) atoms. The molecule has 1 fully saturated rings. The average Bonchev–Trinajstić information content (AvgIpc) is 3.33. The number of amides is 1. The number of pyridine rings is 1. The van der Waals surface area contributed by atoms with Gasteiger partial charge in [0.05, 0.1) is 18.7 Å². The molecule has 2 aromatic carbocycles. The van der Waals surface area contributed by atoms with E-state index in [1.807, 2.05) is 35.4 Å². The van der Waals surface area contributed by atoms with Crippen molar-refractivity contribution in [2.24, 2.45) is 0 Å². The molecule has 2 aliphatic rings. The molecule has 1 spiro atoms. The van der Waals surface area contributed by atoms with E-state index in [2.05, 4.69) is 42.2 Å². The minimum absolute atomic E-state index is 0.0202. The quantitative estimate of drug-likeness (QED) is 0.674. The van der Waals surface area contributed by atoms with Gasteiger partial charge in [-0.05, 0) is 36.1 Å². The second-order valence-electron chi connectivity index (χ2n) is 7.75. The molecule has 3 aromatic rings. The van der Waals surface area contributed by atoms with Crippen LogP contribution in [-0.4, -0.2) is 28.9 Å². The SMILES string of the molecule is Cc1cccc(-c2cncc(C(=O)N3CCC4(C3)OCc3ccccc34)c2)c1. The van der Waals surface area contributed by atoms with Crippen molar-refractivity contribution in [1.82, 2.24) is 9.88 Å². The lowest BCUT2D eigenvalue weighted by atomic mass is 9.92. The Bertz CT molecular complexity index is 1060. The predicted molar refractivity (Wildman–Crippen MR) is 108 cm³/mol. The van der Waals surface area contributed by atoms with E-state index in [-0.39, 0.29) is 11.5 Å². The van der Waals surface area contributed by atoms with Crippen molar-refractivity contribution in [2.75, 3.05) is 13.1 Å². The van der Waals surface area contributed by atoms with Crippen LogP contribution in [0.4, 0.5) is 0 Å². The van der Waals surface area contributed by atoms with Crippen LogP contribution in [0.1, 0.15) is 33.5 Å². The largest absolute Gasteiger partial charge is 0.364 e. The van der Waals surface area contributed by atoms with E-state index in [0.29, 0.717) is 25.3 Å². The summed E-state index contributed by atoms with van der Waals surface area (Å²) in [6.07, 6.45) is 4.31. The van der Waals surface area contributed by atoms with Crippen LogP contribution in [-0.2, 0) is 16.9 Å². The molecule has 1 aromatic heterocycles. The van der Waals surface area contributed by atoms with Gasteiger partial charge in [0.2, 0.25) is 0 Å².